The second kappa shape index (κ2) is 5.10. The van der Waals surface area contributed by atoms with Gasteiger partial charge in [-0.05, 0) is 49.3 Å². The molecule has 2 N–H and O–H groups in total. The zero-order valence-corrected chi connectivity index (χ0v) is 11.0. The number of hydrogen-bond acceptors (Lipinski definition) is 3. The predicted octanol–water partition coefficient (Wildman–Crippen LogP) is 2.87. The molecule has 0 amide bonds. The van der Waals surface area contributed by atoms with Crippen LogP contribution in [0, 0.1) is 0 Å². The van der Waals surface area contributed by atoms with Crippen molar-refractivity contribution in [2.45, 2.75) is 38.3 Å². The van der Waals surface area contributed by atoms with Crippen molar-refractivity contribution in [3.05, 3.63) is 22.4 Å². The molecule has 0 radical (unpaired) electrons. The Hall–Kier alpha value is -0.380. The van der Waals surface area contributed by atoms with Crippen molar-refractivity contribution in [2.75, 3.05) is 14.1 Å². The zero-order valence-electron chi connectivity index (χ0n) is 10.2. The van der Waals surface area contributed by atoms with Gasteiger partial charge in [-0.1, -0.05) is 13.8 Å². The van der Waals surface area contributed by atoms with E-state index in [1.165, 1.54) is 5.56 Å². The molecular formula is C12H22N2S. The van der Waals surface area contributed by atoms with E-state index in [-0.39, 0.29) is 11.6 Å². The van der Waals surface area contributed by atoms with E-state index in [9.17, 15) is 0 Å². The minimum atomic E-state index is 0.0844. The van der Waals surface area contributed by atoms with E-state index in [1.807, 2.05) is 0 Å². The number of nitrogens with two attached hydrogens (primary N) is 1. The molecule has 0 aliphatic carbocycles. The summed E-state index contributed by atoms with van der Waals surface area (Å²) in [5.74, 6) is 0. The number of thiophene rings is 1. The van der Waals surface area contributed by atoms with E-state index in [1.54, 1.807) is 11.3 Å². The van der Waals surface area contributed by atoms with E-state index in [2.05, 4.69) is 49.7 Å². The van der Waals surface area contributed by atoms with Gasteiger partial charge >= 0.3 is 0 Å². The van der Waals surface area contributed by atoms with Gasteiger partial charge in [-0.15, -0.1) is 0 Å². The van der Waals surface area contributed by atoms with Gasteiger partial charge in [0.25, 0.3) is 0 Å². The Balaban J connectivity index is 2.99. The summed E-state index contributed by atoms with van der Waals surface area (Å²) in [7, 11) is 4.25. The van der Waals surface area contributed by atoms with Crippen molar-refractivity contribution in [1.29, 1.82) is 0 Å². The highest BCUT2D eigenvalue weighted by atomic mass is 32.1. The van der Waals surface area contributed by atoms with Crippen LogP contribution >= 0.6 is 11.3 Å². The second-order valence-electron chi connectivity index (χ2n) is 4.24. The molecular weight excluding hydrogens is 204 g/mol. The number of nitrogens with zero attached hydrogens (tertiary/aromatic N) is 1. The zero-order chi connectivity index (χ0) is 11.5. The molecule has 86 valence electrons. The Kier molecular flexibility index (Phi) is 4.32. The van der Waals surface area contributed by atoms with Crippen molar-refractivity contribution < 1.29 is 0 Å². The monoisotopic (exact) mass is 226 g/mol. The maximum atomic E-state index is 6.41. The van der Waals surface area contributed by atoms with Crippen molar-refractivity contribution in [3.8, 4) is 0 Å². The fourth-order valence-electron chi connectivity index (χ4n) is 2.36. The van der Waals surface area contributed by atoms with Crippen LogP contribution in [-0.4, -0.2) is 24.5 Å². The highest BCUT2D eigenvalue weighted by Gasteiger charge is 2.36. The molecule has 0 bridgehead atoms. The topological polar surface area (TPSA) is 29.3 Å². The molecule has 3 heteroatoms. The minimum Gasteiger partial charge on any atom is -0.322 e. The Morgan fingerprint density at radius 2 is 2.00 bits per heavy atom. The summed E-state index contributed by atoms with van der Waals surface area (Å²) in [5, 5.41) is 4.26. The van der Waals surface area contributed by atoms with Crippen molar-refractivity contribution in [3.63, 3.8) is 0 Å². The van der Waals surface area contributed by atoms with Crippen LogP contribution in [0.3, 0.4) is 0 Å². The summed E-state index contributed by atoms with van der Waals surface area (Å²) >= 11 is 1.72. The molecule has 0 saturated heterocycles. The van der Waals surface area contributed by atoms with Gasteiger partial charge in [-0.3, -0.25) is 0 Å². The lowest BCUT2D eigenvalue weighted by Crippen LogP contribution is -2.51. The molecule has 0 fully saturated rings. The largest absolute Gasteiger partial charge is 0.322 e. The first kappa shape index (κ1) is 12.7. The average molecular weight is 226 g/mol. The fourth-order valence-corrected chi connectivity index (χ4v) is 3.06. The van der Waals surface area contributed by atoms with Crippen LogP contribution in [0.25, 0.3) is 0 Å². The molecule has 0 aliphatic rings. The summed E-state index contributed by atoms with van der Waals surface area (Å²) in [6.45, 7) is 4.44. The standard InChI is InChI=1S/C12H22N2S/c1-5-12(6-2,14(3)4)11(13)10-7-8-15-9-10/h7-9,11H,5-6,13H2,1-4H3. The van der Waals surface area contributed by atoms with Gasteiger partial charge < -0.3 is 10.6 Å². The SMILES string of the molecule is CCC(CC)(C(N)c1ccsc1)N(C)C. The smallest absolute Gasteiger partial charge is 0.0490 e. The molecule has 1 aromatic rings. The van der Waals surface area contributed by atoms with E-state index in [0.717, 1.165) is 12.8 Å². The maximum absolute atomic E-state index is 6.41. The lowest BCUT2D eigenvalue weighted by molar-refractivity contribution is 0.106. The first-order chi connectivity index (χ1) is 7.08. The van der Waals surface area contributed by atoms with E-state index in [4.69, 9.17) is 5.73 Å². The van der Waals surface area contributed by atoms with Crippen LogP contribution < -0.4 is 5.73 Å². The summed E-state index contributed by atoms with van der Waals surface area (Å²) in [6.07, 6.45) is 2.15. The van der Waals surface area contributed by atoms with Crippen molar-refractivity contribution >= 4 is 11.3 Å². The van der Waals surface area contributed by atoms with Gasteiger partial charge in [-0.25, -0.2) is 0 Å². The van der Waals surface area contributed by atoms with Crippen LogP contribution in [0.15, 0.2) is 16.8 Å². The van der Waals surface area contributed by atoms with Gasteiger partial charge in [0, 0.05) is 11.6 Å². The van der Waals surface area contributed by atoms with Gasteiger partial charge in [0.2, 0.25) is 0 Å². The predicted molar refractivity (Wildman–Crippen MR) is 68.2 cm³/mol. The molecule has 1 atom stereocenters. The quantitative estimate of drug-likeness (QED) is 0.836. The third-order valence-electron chi connectivity index (χ3n) is 3.60. The molecule has 0 aromatic carbocycles. The van der Waals surface area contributed by atoms with Crippen LogP contribution in [0.5, 0.6) is 0 Å². The van der Waals surface area contributed by atoms with Gasteiger partial charge in [-0.2, -0.15) is 11.3 Å². The minimum absolute atomic E-state index is 0.0844. The van der Waals surface area contributed by atoms with Gasteiger partial charge in [0.15, 0.2) is 0 Å². The molecule has 1 aromatic heterocycles. The summed E-state index contributed by atoms with van der Waals surface area (Å²) in [4.78, 5) is 2.27. The third kappa shape index (κ3) is 2.25. The lowest BCUT2D eigenvalue weighted by atomic mass is 9.81. The van der Waals surface area contributed by atoms with Gasteiger partial charge in [0.1, 0.15) is 0 Å². The van der Waals surface area contributed by atoms with E-state index >= 15 is 0 Å². The molecule has 1 heterocycles. The molecule has 2 nitrogen and oxygen atoms in total. The molecule has 15 heavy (non-hydrogen) atoms. The second-order valence-corrected chi connectivity index (χ2v) is 5.02. The number of hydrogen-bond donors (Lipinski definition) is 1. The Morgan fingerprint density at radius 1 is 1.40 bits per heavy atom. The number of rotatable bonds is 5. The molecule has 1 unspecified atom stereocenters. The lowest BCUT2D eigenvalue weighted by Gasteiger charge is -2.43. The first-order valence-electron chi connectivity index (χ1n) is 5.53. The van der Waals surface area contributed by atoms with Gasteiger partial charge in [0.05, 0.1) is 0 Å². The average Bonchev–Trinajstić information content (AvgIpc) is 2.72. The van der Waals surface area contributed by atoms with E-state index in [0.29, 0.717) is 0 Å². The van der Waals surface area contributed by atoms with Crippen molar-refractivity contribution in [1.82, 2.24) is 4.90 Å². The summed E-state index contributed by atoms with van der Waals surface area (Å²) < 4.78 is 0. The van der Waals surface area contributed by atoms with Crippen LogP contribution in [0.1, 0.15) is 38.3 Å². The fraction of sp³-hybridized carbons (Fsp3) is 0.667. The van der Waals surface area contributed by atoms with E-state index < -0.39 is 0 Å². The summed E-state index contributed by atoms with van der Waals surface area (Å²) in [6, 6.07) is 2.24. The van der Waals surface area contributed by atoms with Crippen LogP contribution in [0.2, 0.25) is 0 Å². The highest BCUT2D eigenvalue weighted by Crippen LogP contribution is 2.34. The maximum Gasteiger partial charge on any atom is 0.0490 e. The van der Waals surface area contributed by atoms with Crippen LogP contribution in [-0.2, 0) is 0 Å². The summed E-state index contributed by atoms with van der Waals surface area (Å²) in [5.41, 5.74) is 7.75. The normalized spacial score (nSPS) is 14.5. The third-order valence-corrected chi connectivity index (χ3v) is 4.30. The molecule has 0 spiro atoms. The first-order valence-corrected chi connectivity index (χ1v) is 6.47. The van der Waals surface area contributed by atoms with Crippen LogP contribution in [0.4, 0.5) is 0 Å². The van der Waals surface area contributed by atoms with Crippen molar-refractivity contribution in [2.24, 2.45) is 5.73 Å². The highest BCUT2D eigenvalue weighted by molar-refractivity contribution is 7.07. The Labute approximate surface area is 97.1 Å². The Morgan fingerprint density at radius 3 is 2.33 bits per heavy atom. The molecule has 1 rings (SSSR count). The Bertz CT molecular complexity index is 276. The number of likely N-dealkylation sites (N-methyl/N-ethyl adjacent to an activating group) is 1. The molecule has 0 aliphatic heterocycles. The molecule has 0 saturated carbocycles.